The molecular weight excluding hydrogens is 266 g/mol. The Hall–Kier alpha value is -1.66. The van der Waals surface area contributed by atoms with Gasteiger partial charge in [-0.3, -0.25) is 4.79 Å². The van der Waals surface area contributed by atoms with Gasteiger partial charge >= 0.3 is 5.97 Å². The lowest BCUT2D eigenvalue weighted by Crippen LogP contribution is -2.28. The zero-order valence-corrected chi connectivity index (χ0v) is 11.1. The van der Waals surface area contributed by atoms with Crippen molar-refractivity contribution < 1.29 is 18.3 Å². The summed E-state index contributed by atoms with van der Waals surface area (Å²) in [5.74, 6) is -1.54. The van der Waals surface area contributed by atoms with Crippen LogP contribution in [0.1, 0.15) is 12.0 Å². The van der Waals surface area contributed by atoms with E-state index in [1.165, 1.54) is 10.4 Å². The Morgan fingerprint density at radius 2 is 2.00 bits per heavy atom. The summed E-state index contributed by atoms with van der Waals surface area (Å²) in [5.41, 5.74) is 0.792. The molecule has 0 amide bonds. The van der Waals surface area contributed by atoms with Gasteiger partial charge in [0, 0.05) is 18.5 Å². The minimum atomic E-state index is -3.54. The molecule has 1 aromatic carbocycles. The molecule has 0 bridgehead atoms. The second-order valence-electron chi connectivity index (χ2n) is 4.44. The molecule has 0 aromatic heterocycles. The molecule has 5 nitrogen and oxygen atoms in total. The molecule has 1 aliphatic rings. The quantitative estimate of drug-likeness (QED) is 0.905. The number of carbonyl (C=O) groups is 1. The highest BCUT2D eigenvalue weighted by Crippen LogP contribution is 2.20. The fourth-order valence-corrected chi connectivity index (χ4v) is 3.22. The molecular formula is C13H15NO4S. The predicted octanol–water partition coefficient (Wildman–Crippen LogP) is 1.39. The van der Waals surface area contributed by atoms with Gasteiger partial charge in [0.25, 0.3) is 0 Å². The Kier molecular flexibility index (Phi) is 4.01. The van der Waals surface area contributed by atoms with Crippen molar-refractivity contribution in [2.45, 2.75) is 6.42 Å². The van der Waals surface area contributed by atoms with Gasteiger partial charge in [0.15, 0.2) is 0 Å². The molecule has 19 heavy (non-hydrogen) atoms. The van der Waals surface area contributed by atoms with E-state index in [-0.39, 0.29) is 13.1 Å². The first-order chi connectivity index (χ1) is 8.99. The number of carboxylic acids is 1. The summed E-state index contributed by atoms with van der Waals surface area (Å²) in [6, 6.07) is 9.10. The van der Waals surface area contributed by atoms with Gasteiger partial charge in [0.2, 0.25) is 10.0 Å². The lowest BCUT2D eigenvalue weighted by atomic mass is 10.1. The monoisotopic (exact) mass is 281 g/mol. The number of aliphatic carboxylic acids is 1. The number of carboxylic acid groups (broad SMARTS) is 1. The first kappa shape index (κ1) is 13.8. The maximum Gasteiger partial charge on any atom is 0.307 e. The Bertz CT molecular complexity index is 580. The summed E-state index contributed by atoms with van der Waals surface area (Å²) in [6.45, 7) is 0.315. The standard InChI is InChI=1S/C13H15NO4S/c15-13(16)12-6-8-14(10-12)19(17,18)9-7-11-4-2-1-3-5-11/h1-5,7,9,12H,6,8,10H2,(H,15,16)/b9-7+. The first-order valence-electron chi connectivity index (χ1n) is 5.95. The highest BCUT2D eigenvalue weighted by Gasteiger charge is 2.33. The Morgan fingerprint density at radius 1 is 1.32 bits per heavy atom. The molecule has 0 radical (unpaired) electrons. The molecule has 1 saturated heterocycles. The zero-order chi connectivity index (χ0) is 13.9. The minimum Gasteiger partial charge on any atom is -0.481 e. The summed E-state index contributed by atoms with van der Waals surface area (Å²) in [5, 5.41) is 10.00. The lowest BCUT2D eigenvalue weighted by Gasteiger charge is -2.12. The van der Waals surface area contributed by atoms with Crippen molar-refractivity contribution in [3.05, 3.63) is 41.3 Å². The molecule has 0 saturated carbocycles. The van der Waals surface area contributed by atoms with Crippen molar-refractivity contribution in [3.8, 4) is 0 Å². The van der Waals surface area contributed by atoms with Crippen LogP contribution in [0.5, 0.6) is 0 Å². The molecule has 1 fully saturated rings. The molecule has 6 heteroatoms. The molecule has 102 valence electrons. The molecule has 1 aromatic rings. The number of sulfonamides is 1. The van der Waals surface area contributed by atoms with E-state index in [4.69, 9.17) is 5.11 Å². The maximum atomic E-state index is 12.0. The van der Waals surface area contributed by atoms with Crippen LogP contribution in [-0.4, -0.2) is 36.9 Å². The average molecular weight is 281 g/mol. The van der Waals surface area contributed by atoms with Gasteiger partial charge in [-0.05, 0) is 18.1 Å². The summed E-state index contributed by atoms with van der Waals surface area (Å²) in [6.07, 6.45) is 1.89. The maximum absolute atomic E-state index is 12.0. The lowest BCUT2D eigenvalue weighted by molar-refractivity contribution is -0.141. The zero-order valence-electron chi connectivity index (χ0n) is 10.3. The van der Waals surface area contributed by atoms with Crippen LogP contribution in [0.15, 0.2) is 35.7 Å². The van der Waals surface area contributed by atoms with Crippen LogP contribution in [0.25, 0.3) is 6.08 Å². The van der Waals surface area contributed by atoms with Gasteiger partial charge in [-0.15, -0.1) is 0 Å². The van der Waals surface area contributed by atoms with Crippen molar-refractivity contribution in [1.29, 1.82) is 0 Å². The molecule has 1 aliphatic heterocycles. The largest absolute Gasteiger partial charge is 0.481 e. The van der Waals surface area contributed by atoms with Crippen molar-refractivity contribution in [3.63, 3.8) is 0 Å². The molecule has 0 spiro atoms. The normalized spacial score (nSPS) is 20.9. The fraction of sp³-hybridized carbons (Fsp3) is 0.308. The summed E-state index contributed by atoms with van der Waals surface area (Å²) in [7, 11) is -3.54. The van der Waals surface area contributed by atoms with Gasteiger partial charge in [-0.2, -0.15) is 4.31 Å². The van der Waals surface area contributed by atoms with Crippen molar-refractivity contribution in [2.24, 2.45) is 5.92 Å². The van der Waals surface area contributed by atoms with Crippen LogP contribution < -0.4 is 0 Å². The average Bonchev–Trinajstić information content (AvgIpc) is 2.88. The van der Waals surface area contributed by atoms with Crippen LogP contribution in [0.4, 0.5) is 0 Å². The molecule has 2 rings (SSSR count). The van der Waals surface area contributed by atoms with E-state index in [0.717, 1.165) is 11.0 Å². The van der Waals surface area contributed by atoms with E-state index in [1.807, 2.05) is 18.2 Å². The third kappa shape index (κ3) is 3.42. The third-order valence-corrected chi connectivity index (χ3v) is 4.62. The Morgan fingerprint density at radius 3 is 2.58 bits per heavy atom. The Balaban J connectivity index is 2.08. The van der Waals surface area contributed by atoms with Crippen LogP contribution in [0.2, 0.25) is 0 Å². The van der Waals surface area contributed by atoms with E-state index in [0.29, 0.717) is 6.42 Å². The number of hydrogen-bond donors (Lipinski definition) is 1. The number of nitrogens with zero attached hydrogens (tertiary/aromatic N) is 1. The second-order valence-corrected chi connectivity index (χ2v) is 6.26. The van der Waals surface area contributed by atoms with Crippen LogP contribution in [-0.2, 0) is 14.8 Å². The molecule has 1 atom stereocenters. The van der Waals surface area contributed by atoms with Gasteiger partial charge in [-0.25, -0.2) is 8.42 Å². The smallest absolute Gasteiger partial charge is 0.307 e. The van der Waals surface area contributed by atoms with Crippen molar-refractivity contribution >= 4 is 22.1 Å². The SMILES string of the molecule is O=C(O)C1CCN(S(=O)(=O)/C=C/c2ccccc2)C1. The molecule has 1 N–H and O–H groups in total. The van der Waals surface area contributed by atoms with Crippen LogP contribution in [0, 0.1) is 5.92 Å². The van der Waals surface area contributed by atoms with Gasteiger partial charge < -0.3 is 5.11 Å². The van der Waals surface area contributed by atoms with E-state index in [2.05, 4.69) is 0 Å². The summed E-state index contributed by atoms with van der Waals surface area (Å²) < 4.78 is 25.3. The van der Waals surface area contributed by atoms with Crippen LogP contribution in [0.3, 0.4) is 0 Å². The highest BCUT2D eigenvalue weighted by atomic mass is 32.2. The van der Waals surface area contributed by atoms with E-state index in [9.17, 15) is 13.2 Å². The van der Waals surface area contributed by atoms with Gasteiger partial charge in [0.05, 0.1) is 5.92 Å². The minimum absolute atomic E-state index is 0.0524. The molecule has 1 unspecified atom stereocenters. The van der Waals surface area contributed by atoms with Crippen molar-refractivity contribution in [2.75, 3.05) is 13.1 Å². The molecule has 0 aliphatic carbocycles. The van der Waals surface area contributed by atoms with E-state index >= 15 is 0 Å². The number of hydrogen-bond acceptors (Lipinski definition) is 3. The summed E-state index contributed by atoms with van der Waals surface area (Å²) >= 11 is 0. The second kappa shape index (κ2) is 5.54. The number of benzene rings is 1. The van der Waals surface area contributed by atoms with E-state index < -0.39 is 21.9 Å². The Labute approximate surface area is 112 Å². The fourth-order valence-electron chi connectivity index (χ4n) is 1.98. The summed E-state index contributed by atoms with van der Waals surface area (Å²) in [4.78, 5) is 10.8. The van der Waals surface area contributed by atoms with Gasteiger partial charge in [0.1, 0.15) is 0 Å². The molecule has 1 heterocycles. The number of rotatable bonds is 4. The predicted molar refractivity (Wildman–Crippen MR) is 71.7 cm³/mol. The van der Waals surface area contributed by atoms with Gasteiger partial charge in [-0.1, -0.05) is 30.3 Å². The van der Waals surface area contributed by atoms with E-state index in [1.54, 1.807) is 12.1 Å². The first-order valence-corrected chi connectivity index (χ1v) is 7.45. The van der Waals surface area contributed by atoms with Crippen LogP contribution >= 0.6 is 0 Å². The highest BCUT2D eigenvalue weighted by molar-refractivity contribution is 7.92. The topological polar surface area (TPSA) is 74.7 Å². The third-order valence-electron chi connectivity index (χ3n) is 3.09. The van der Waals surface area contributed by atoms with Crippen molar-refractivity contribution in [1.82, 2.24) is 4.31 Å².